The number of hydrogen-bond acceptors (Lipinski definition) is 3. The summed E-state index contributed by atoms with van der Waals surface area (Å²) < 4.78 is 14.6. The molecule has 1 amide bonds. The molecule has 122 valence electrons. The van der Waals surface area contributed by atoms with Gasteiger partial charge in [0.2, 0.25) is 0 Å². The Kier molecular flexibility index (Phi) is 4.67. The lowest BCUT2D eigenvalue weighted by molar-refractivity contribution is 0.0951. The second kappa shape index (κ2) is 7.06. The van der Waals surface area contributed by atoms with Gasteiger partial charge in [-0.15, -0.1) is 0 Å². The van der Waals surface area contributed by atoms with Crippen LogP contribution < -0.4 is 11.1 Å². The Balaban J connectivity index is 1.78. The number of carbonyl (C=O) groups is 1. The van der Waals surface area contributed by atoms with Crippen LogP contribution >= 0.6 is 0 Å². The number of nitrogens with zero attached hydrogens (tertiary/aromatic N) is 2. The van der Waals surface area contributed by atoms with E-state index in [1.165, 1.54) is 12.1 Å². The number of aromatic nitrogens is 2. The third-order valence-corrected chi connectivity index (χ3v) is 3.63. The van der Waals surface area contributed by atoms with Crippen molar-refractivity contribution in [1.82, 2.24) is 15.1 Å². The second-order valence-corrected chi connectivity index (χ2v) is 5.32. The van der Waals surface area contributed by atoms with Crippen molar-refractivity contribution in [1.29, 1.82) is 0 Å². The predicted molar refractivity (Wildman–Crippen MR) is 89.0 cm³/mol. The van der Waals surface area contributed by atoms with Crippen LogP contribution in [-0.4, -0.2) is 15.7 Å². The molecule has 0 fully saturated rings. The quantitative estimate of drug-likeness (QED) is 0.757. The summed E-state index contributed by atoms with van der Waals surface area (Å²) in [7, 11) is 0. The maximum Gasteiger partial charge on any atom is 0.253 e. The van der Waals surface area contributed by atoms with E-state index in [1.807, 2.05) is 12.1 Å². The van der Waals surface area contributed by atoms with Crippen LogP contribution in [0.5, 0.6) is 0 Å². The first-order valence-electron chi connectivity index (χ1n) is 7.53. The average Bonchev–Trinajstić information content (AvgIpc) is 3.10. The van der Waals surface area contributed by atoms with E-state index in [4.69, 9.17) is 5.73 Å². The molecule has 24 heavy (non-hydrogen) atoms. The zero-order valence-electron chi connectivity index (χ0n) is 12.9. The molecule has 2 aromatic carbocycles. The smallest absolute Gasteiger partial charge is 0.253 e. The maximum absolute atomic E-state index is 12.9. The first-order valence-corrected chi connectivity index (χ1v) is 7.53. The van der Waals surface area contributed by atoms with Crippen molar-refractivity contribution in [2.75, 3.05) is 0 Å². The number of benzene rings is 2. The monoisotopic (exact) mass is 324 g/mol. The van der Waals surface area contributed by atoms with Gasteiger partial charge in [-0.2, -0.15) is 5.10 Å². The summed E-state index contributed by atoms with van der Waals surface area (Å²) in [6.07, 6.45) is 3.47. The highest BCUT2D eigenvalue weighted by molar-refractivity contribution is 5.97. The minimum absolute atomic E-state index is 0.222. The van der Waals surface area contributed by atoms with E-state index in [-0.39, 0.29) is 11.7 Å². The predicted octanol–water partition coefficient (Wildman–Crippen LogP) is 2.40. The number of nitrogens with one attached hydrogen (secondary N) is 1. The molecule has 0 saturated carbocycles. The molecule has 0 aliphatic carbocycles. The zero-order valence-corrected chi connectivity index (χ0v) is 12.9. The fourth-order valence-electron chi connectivity index (χ4n) is 2.34. The molecule has 0 spiro atoms. The van der Waals surface area contributed by atoms with Crippen LogP contribution in [0.15, 0.2) is 60.9 Å². The minimum atomic E-state index is -0.301. The van der Waals surface area contributed by atoms with Gasteiger partial charge in [0, 0.05) is 24.8 Å². The summed E-state index contributed by atoms with van der Waals surface area (Å²) >= 11 is 0. The normalized spacial score (nSPS) is 10.6. The summed E-state index contributed by atoms with van der Waals surface area (Å²) in [4.78, 5) is 12.5. The van der Waals surface area contributed by atoms with Gasteiger partial charge in [0.1, 0.15) is 5.82 Å². The molecule has 3 aromatic rings. The Labute approximate surface area is 138 Å². The summed E-state index contributed by atoms with van der Waals surface area (Å²) in [6.45, 7) is 0.708. The van der Waals surface area contributed by atoms with Gasteiger partial charge in [-0.1, -0.05) is 24.3 Å². The second-order valence-electron chi connectivity index (χ2n) is 5.32. The van der Waals surface area contributed by atoms with E-state index in [2.05, 4.69) is 10.4 Å². The standard InChI is InChI=1S/C18H17FN4O/c19-15-7-5-13(6-8-15)10-21-18(24)16-3-1-2-4-17(16)23-12-14(9-20)11-22-23/h1-8,11-12H,9-10,20H2,(H,21,24). The maximum atomic E-state index is 12.9. The number of halogens is 1. The summed E-state index contributed by atoms with van der Waals surface area (Å²) in [5.74, 6) is -0.524. The van der Waals surface area contributed by atoms with Gasteiger partial charge in [0.15, 0.2) is 0 Å². The third kappa shape index (κ3) is 3.49. The van der Waals surface area contributed by atoms with Gasteiger partial charge >= 0.3 is 0 Å². The van der Waals surface area contributed by atoms with Crippen molar-refractivity contribution in [2.45, 2.75) is 13.1 Å². The van der Waals surface area contributed by atoms with E-state index >= 15 is 0 Å². The van der Waals surface area contributed by atoms with E-state index < -0.39 is 0 Å². The SMILES string of the molecule is NCc1cnn(-c2ccccc2C(=O)NCc2ccc(F)cc2)c1. The molecule has 0 unspecified atom stereocenters. The van der Waals surface area contributed by atoms with Gasteiger partial charge in [0.05, 0.1) is 17.4 Å². The number of carbonyl (C=O) groups excluding carboxylic acids is 1. The van der Waals surface area contributed by atoms with E-state index in [0.29, 0.717) is 24.3 Å². The Bertz CT molecular complexity index is 842. The molecule has 0 atom stereocenters. The molecule has 0 radical (unpaired) electrons. The fraction of sp³-hybridized carbons (Fsp3) is 0.111. The highest BCUT2D eigenvalue weighted by Crippen LogP contribution is 2.15. The van der Waals surface area contributed by atoms with Crippen molar-refractivity contribution < 1.29 is 9.18 Å². The van der Waals surface area contributed by atoms with Crippen LogP contribution in [0.4, 0.5) is 4.39 Å². The van der Waals surface area contributed by atoms with Gasteiger partial charge in [-0.05, 0) is 29.8 Å². The first-order chi connectivity index (χ1) is 11.7. The molecule has 1 aromatic heterocycles. The fourth-order valence-corrected chi connectivity index (χ4v) is 2.34. The van der Waals surface area contributed by atoms with Crippen molar-refractivity contribution in [3.8, 4) is 5.69 Å². The Morgan fingerprint density at radius 3 is 2.58 bits per heavy atom. The van der Waals surface area contributed by atoms with Crippen molar-refractivity contribution >= 4 is 5.91 Å². The summed E-state index contributed by atoms with van der Waals surface area (Å²) in [5.41, 5.74) is 8.49. The summed E-state index contributed by atoms with van der Waals surface area (Å²) in [5, 5.41) is 7.08. The zero-order chi connectivity index (χ0) is 16.9. The first kappa shape index (κ1) is 15.9. The third-order valence-electron chi connectivity index (χ3n) is 3.63. The van der Waals surface area contributed by atoms with Crippen molar-refractivity contribution in [3.63, 3.8) is 0 Å². The summed E-state index contributed by atoms with van der Waals surface area (Å²) in [6, 6.07) is 13.2. The lowest BCUT2D eigenvalue weighted by atomic mass is 10.1. The van der Waals surface area contributed by atoms with Crippen LogP contribution in [0.2, 0.25) is 0 Å². The molecule has 0 aliphatic heterocycles. The topological polar surface area (TPSA) is 72.9 Å². The van der Waals surface area contributed by atoms with Gasteiger partial charge in [0.25, 0.3) is 5.91 Å². The molecule has 0 saturated heterocycles. The lowest BCUT2D eigenvalue weighted by Gasteiger charge is -2.10. The minimum Gasteiger partial charge on any atom is -0.348 e. The van der Waals surface area contributed by atoms with E-state index in [0.717, 1.165) is 11.1 Å². The van der Waals surface area contributed by atoms with Gasteiger partial charge < -0.3 is 11.1 Å². The van der Waals surface area contributed by atoms with Gasteiger partial charge in [-0.25, -0.2) is 9.07 Å². The Hall–Kier alpha value is -2.99. The molecule has 3 rings (SSSR count). The highest BCUT2D eigenvalue weighted by Gasteiger charge is 2.13. The molecular weight excluding hydrogens is 307 g/mol. The number of rotatable bonds is 5. The Morgan fingerprint density at radius 1 is 1.12 bits per heavy atom. The van der Waals surface area contributed by atoms with Crippen molar-refractivity contribution in [2.24, 2.45) is 5.73 Å². The van der Waals surface area contributed by atoms with Crippen molar-refractivity contribution in [3.05, 3.63) is 83.4 Å². The van der Waals surface area contributed by atoms with Crippen LogP contribution in [0.1, 0.15) is 21.5 Å². The molecule has 6 heteroatoms. The number of amides is 1. The number of nitrogens with two attached hydrogens (primary N) is 1. The highest BCUT2D eigenvalue weighted by atomic mass is 19.1. The molecule has 1 heterocycles. The van der Waals surface area contributed by atoms with Gasteiger partial charge in [-0.3, -0.25) is 4.79 Å². The van der Waals surface area contributed by atoms with E-state index in [1.54, 1.807) is 41.3 Å². The van der Waals surface area contributed by atoms with Crippen LogP contribution in [0, 0.1) is 5.82 Å². The van der Waals surface area contributed by atoms with Crippen LogP contribution in [0.25, 0.3) is 5.69 Å². The lowest BCUT2D eigenvalue weighted by Crippen LogP contribution is -2.24. The largest absolute Gasteiger partial charge is 0.348 e. The average molecular weight is 324 g/mol. The van der Waals surface area contributed by atoms with Crippen LogP contribution in [0.3, 0.4) is 0 Å². The van der Waals surface area contributed by atoms with Crippen LogP contribution in [-0.2, 0) is 13.1 Å². The molecular formula is C18H17FN4O. The molecule has 5 nitrogen and oxygen atoms in total. The van der Waals surface area contributed by atoms with E-state index in [9.17, 15) is 9.18 Å². The number of hydrogen-bond donors (Lipinski definition) is 2. The molecule has 0 aliphatic rings. The molecule has 3 N–H and O–H groups in total. The molecule has 0 bridgehead atoms. The Morgan fingerprint density at radius 2 is 1.88 bits per heavy atom. The number of para-hydroxylation sites is 1.